The second-order valence-electron chi connectivity index (χ2n) is 4.95. The molecule has 2 aromatic carbocycles. The van der Waals surface area contributed by atoms with Crippen LogP contribution >= 0.6 is 0 Å². The molecular weight excluding hydrogens is 302 g/mol. The van der Waals surface area contributed by atoms with Crippen LogP contribution in [0.15, 0.2) is 53.4 Å². The molecular formula is C16H15NO4S. The van der Waals surface area contributed by atoms with Crippen molar-refractivity contribution in [1.82, 2.24) is 0 Å². The van der Waals surface area contributed by atoms with Crippen molar-refractivity contribution in [3.05, 3.63) is 59.7 Å². The van der Waals surface area contributed by atoms with Crippen LogP contribution in [0, 0.1) is 6.92 Å². The SMILES string of the molecule is Cc1ccc(C(=O)C(=O)Nc2cccc(S(C)(=O)=O)c2)cc1. The molecule has 1 amide bonds. The zero-order valence-corrected chi connectivity index (χ0v) is 13.0. The maximum atomic E-state index is 12.0. The van der Waals surface area contributed by atoms with E-state index in [2.05, 4.69) is 5.32 Å². The van der Waals surface area contributed by atoms with E-state index < -0.39 is 21.5 Å². The molecule has 2 rings (SSSR count). The van der Waals surface area contributed by atoms with Crippen molar-refractivity contribution in [3.8, 4) is 0 Å². The molecule has 0 saturated carbocycles. The van der Waals surface area contributed by atoms with Crippen molar-refractivity contribution in [1.29, 1.82) is 0 Å². The summed E-state index contributed by atoms with van der Waals surface area (Å²) in [4.78, 5) is 24.0. The number of carbonyl (C=O) groups is 2. The number of nitrogens with one attached hydrogen (secondary N) is 1. The van der Waals surface area contributed by atoms with Gasteiger partial charge in [0.05, 0.1) is 4.90 Å². The number of rotatable bonds is 4. The number of amides is 1. The molecule has 1 N–H and O–H groups in total. The fraction of sp³-hybridized carbons (Fsp3) is 0.125. The Labute approximate surface area is 128 Å². The largest absolute Gasteiger partial charge is 0.319 e. The van der Waals surface area contributed by atoms with Crippen molar-refractivity contribution < 1.29 is 18.0 Å². The van der Waals surface area contributed by atoms with Crippen LogP contribution in [0.25, 0.3) is 0 Å². The second-order valence-corrected chi connectivity index (χ2v) is 6.97. The Balaban J connectivity index is 2.18. The average molecular weight is 317 g/mol. The van der Waals surface area contributed by atoms with Gasteiger partial charge in [0.2, 0.25) is 0 Å². The fourth-order valence-electron chi connectivity index (χ4n) is 1.83. The molecule has 0 aliphatic heterocycles. The van der Waals surface area contributed by atoms with Crippen LogP contribution in [-0.4, -0.2) is 26.4 Å². The molecule has 0 fully saturated rings. The van der Waals surface area contributed by atoms with Crippen LogP contribution in [-0.2, 0) is 14.6 Å². The molecule has 22 heavy (non-hydrogen) atoms. The Hall–Kier alpha value is -2.47. The molecule has 0 atom stereocenters. The summed E-state index contributed by atoms with van der Waals surface area (Å²) in [5.41, 5.74) is 1.52. The van der Waals surface area contributed by atoms with Gasteiger partial charge < -0.3 is 5.32 Å². The van der Waals surface area contributed by atoms with E-state index in [4.69, 9.17) is 0 Å². The minimum atomic E-state index is -3.37. The maximum Gasteiger partial charge on any atom is 0.296 e. The highest BCUT2D eigenvalue weighted by Gasteiger charge is 2.17. The molecule has 5 nitrogen and oxygen atoms in total. The molecule has 0 aliphatic rings. The summed E-state index contributed by atoms with van der Waals surface area (Å²) >= 11 is 0. The van der Waals surface area contributed by atoms with Crippen LogP contribution in [0.3, 0.4) is 0 Å². The Kier molecular flexibility index (Phi) is 4.42. The third-order valence-electron chi connectivity index (χ3n) is 3.04. The lowest BCUT2D eigenvalue weighted by Gasteiger charge is -2.06. The molecule has 0 aromatic heterocycles. The highest BCUT2D eigenvalue weighted by Crippen LogP contribution is 2.15. The third kappa shape index (κ3) is 3.79. The summed E-state index contributed by atoms with van der Waals surface area (Å²) in [5.74, 6) is -1.49. The first-order valence-corrected chi connectivity index (χ1v) is 8.39. The number of carbonyl (C=O) groups excluding carboxylic acids is 2. The molecule has 0 unspecified atom stereocenters. The van der Waals surface area contributed by atoms with Crippen LogP contribution in [0.1, 0.15) is 15.9 Å². The standard InChI is InChI=1S/C16H15NO4S/c1-11-6-8-12(9-7-11)15(18)16(19)17-13-4-3-5-14(10-13)22(2,20)21/h3-10H,1-2H3,(H,17,19). The Morgan fingerprint density at radius 2 is 1.64 bits per heavy atom. The number of aryl methyl sites for hydroxylation is 1. The minimum absolute atomic E-state index is 0.0769. The van der Waals surface area contributed by atoms with Gasteiger partial charge in [-0.15, -0.1) is 0 Å². The van der Waals surface area contributed by atoms with Crippen molar-refractivity contribution in [2.24, 2.45) is 0 Å². The zero-order chi connectivity index (χ0) is 16.3. The molecule has 0 saturated heterocycles. The summed E-state index contributed by atoms with van der Waals surface area (Å²) in [7, 11) is -3.37. The molecule has 0 radical (unpaired) electrons. The van der Waals surface area contributed by atoms with Gasteiger partial charge in [-0.25, -0.2) is 8.42 Å². The van der Waals surface area contributed by atoms with Gasteiger partial charge in [-0.1, -0.05) is 35.9 Å². The summed E-state index contributed by atoms with van der Waals surface area (Å²) in [5, 5.41) is 2.41. The van der Waals surface area contributed by atoms with Gasteiger partial charge in [0, 0.05) is 17.5 Å². The fourth-order valence-corrected chi connectivity index (χ4v) is 2.50. The summed E-state index contributed by atoms with van der Waals surface area (Å²) < 4.78 is 23.0. The molecule has 6 heteroatoms. The zero-order valence-electron chi connectivity index (χ0n) is 12.2. The summed E-state index contributed by atoms with van der Waals surface area (Å²) in [6.07, 6.45) is 1.07. The highest BCUT2D eigenvalue weighted by molar-refractivity contribution is 7.90. The Bertz CT molecular complexity index is 823. The van der Waals surface area contributed by atoms with Gasteiger partial charge >= 0.3 is 0 Å². The second kappa shape index (κ2) is 6.11. The summed E-state index contributed by atoms with van der Waals surface area (Å²) in [6, 6.07) is 12.4. The van der Waals surface area contributed by atoms with E-state index >= 15 is 0 Å². The van der Waals surface area contributed by atoms with Gasteiger partial charge in [0.25, 0.3) is 11.7 Å². The first kappa shape index (κ1) is 15.9. The lowest BCUT2D eigenvalue weighted by molar-refractivity contribution is -0.112. The third-order valence-corrected chi connectivity index (χ3v) is 4.15. The van der Waals surface area contributed by atoms with Crippen molar-refractivity contribution >= 4 is 27.2 Å². The van der Waals surface area contributed by atoms with E-state index in [0.29, 0.717) is 0 Å². The average Bonchev–Trinajstić information content (AvgIpc) is 2.46. The van der Waals surface area contributed by atoms with Crippen molar-refractivity contribution in [3.63, 3.8) is 0 Å². The number of benzene rings is 2. The first-order valence-electron chi connectivity index (χ1n) is 6.50. The molecule has 0 bridgehead atoms. The van der Waals surface area contributed by atoms with Crippen LogP contribution in [0.4, 0.5) is 5.69 Å². The quantitative estimate of drug-likeness (QED) is 0.692. The van der Waals surface area contributed by atoms with E-state index in [9.17, 15) is 18.0 Å². The lowest BCUT2D eigenvalue weighted by atomic mass is 10.1. The van der Waals surface area contributed by atoms with E-state index in [1.165, 1.54) is 24.3 Å². The molecule has 0 aliphatic carbocycles. The summed E-state index contributed by atoms with van der Waals surface area (Å²) in [6.45, 7) is 1.88. The van der Waals surface area contributed by atoms with Gasteiger partial charge in [0.1, 0.15) is 0 Å². The number of hydrogen-bond donors (Lipinski definition) is 1. The Morgan fingerprint density at radius 3 is 2.23 bits per heavy atom. The number of hydrogen-bond acceptors (Lipinski definition) is 4. The normalized spacial score (nSPS) is 11.0. The highest BCUT2D eigenvalue weighted by atomic mass is 32.2. The maximum absolute atomic E-state index is 12.0. The number of sulfone groups is 1. The van der Waals surface area contributed by atoms with E-state index in [-0.39, 0.29) is 16.1 Å². The molecule has 2 aromatic rings. The van der Waals surface area contributed by atoms with Gasteiger partial charge in [-0.3, -0.25) is 9.59 Å². The Morgan fingerprint density at radius 1 is 1.00 bits per heavy atom. The first-order chi connectivity index (χ1) is 10.3. The smallest absolute Gasteiger partial charge is 0.296 e. The van der Waals surface area contributed by atoms with Gasteiger partial charge in [-0.2, -0.15) is 0 Å². The number of ketones is 1. The van der Waals surface area contributed by atoms with Crippen LogP contribution in [0.2, 0.25) is 0 Å². The molecule has 0 spiro atoms. The topological polar surface area (TPSA) is 80.3 Å². The van der Waals surface area contributed by atoms with E-state index in [1.54, 1.807) is 24.3 Å². The number of anilines is 1. The number of Topliss-reactive ketones (excluding diaryl/α,β-unsaturated/α-hetero) is 1. The predicted octanol–water partition coefficient (Wildman–Crippen LogP) is 2.22. The monoisotopic (exact) mass is 317 g/mol. The minimum Gasteiger partial charge on any atom is -0.319 e. The molecule has 114 valence electrons. The van der Waals surface area contributed by atoms with Crippen molar-refractivity contribution in [2.45, 2.75) is 11.8 Å². The lowest BCUT2D eigenvalue weighted by Crippen LogP contribution is -2.22. The van der Waals surface area contributed by atoms with E-state index in [0.717, 1.165) is 11.8 Å². The van der Waals surface area contributed by atoms with Crippen LogP contribution in [0.5, 0.6) is 0 Å². The van der Waals surface area contributed by atoms with Gasteiger partial charge in [-0.05, 0) is 25.1 Å². The predicted molar refractivity (Wildman–Crippen MR) is 83.7 cm³/mol. The van der Waals surface area contributed by atoms with Crippen LogP contribution < -0.4 is 5.32 Å². The van der Waals surface area contributed by atoms with Crippen molar-refractivity contribution in [2.75, 3.05) is 11.6 Å². The molecule has 0 heterocycles. The van der Waals surface area contributed by atoms with Gasteiger partial charge in [0.15, 0.2) is 9.84 Å². The van der Waals surface area contributed by atoms with E-state index in [1.807, 2.05) is 6.92 Å².